The Kier molecular flexibility index (Phi) is 3.38. The number of thioether (sulfide) groups is 1. The molecule has 1 aromatic carbocycles. The van der Waals surface area contributed by atoms with Crippen molar-refractivity contribution in [2.24, 2.45) is 0 Å². The summed E-state index contributed by atoms with van der Waals surface area (Å²) in [6.07, 6.45) is 2.35. The monoisotopic (exact) mass is 272 g/mol. The fourth-order valence-corrected chi connectivity index (χ4v) is 2.79. The first-order valence-corrected chi connectivity index (χ1v) is 7.39. The molecule has 1 aliphatic rings. The standard InChI is InChI=1S/C14H16N4S/c1-9-4-2-3-5-11(9)19-8-12-16-13(10-6-7-10)18-14(15)17-12/h2-5,10H,6-8H2,1H3,(H2,15,16,17,18). The predicted octanol–water partition coefficient (Wildman–Crippen LogP) is 2.93. The van der Waals surface area contributed by atoms with Gasteiger partial charge in [0, 0.05) is 10.8 Å². The zero-order chi connectivity index (χ0) is 13.2. The van der Waals surface area contributed by atoms with Gasteiger partial charge in [-0.25, -0.2) is 4.98 Å². The lowest BCUT2D eigenvalue weighted by atomic mass is 10.2. The third-order valence-electron chi connectivity index (χ3n) is 3.11. The highest BCUT2D eigenvalue weighted by atomic mass is 32.2. The summed E-state index contributed by atoms with van der Waals surface area (Å²) in [7, 11) is 0. The number of aryl methyl sites for hydroxylation is 1. The molecule has 2 aromatic rings. The molecule has 1 heterocycles. The van der Waals surface area contributed by atoms with E-state index < -0.39 is 0 Å². The molecule has 4 nitrogen and oxygen atoms in total. The molecular formula is C14H16N4S. The molecule has 0 unspecified atom stereocenters. The first-order valence-electron chi connectivity index (χ1n) is 6.41. The maximum Gasteiger partial charge on any atom is 0.223 e. The van der Waals surface area contributed by atoms with E-state index in [1.165, 1.54) is 23.3 Å². The second-order valence-corrected chi connectivity index (χ2v) is 5.81. The lowest BCUT2D eigenvalue weighted by Gasteiger charge is -2.06. The summed E-state index contributed by atoms with van der Waals surface area (Å²) in [5.74, 6) is 3.23. The minimum absolute atomic E-state index is 0.345. The number of hydrogen-bond acceptors (Lipinski definition) is 5. The van der Waals surface area contributed by atoms with E-state index in [4.69, 9.17) is 5.73 Å². The van der Waals surface area contributed by atoms with Crippen LogP contribution in [0.1, 0.15) is 36.0 Å². The fraction of sp³-hybridized carbons (Fsp3) is 0.357. The van der Waals surface area contributed by atoms with Gasteiger partial charge in [-0.3, -0.25) is 0 Å². The normalized spacial score (nSPS) is 14.6. The largest absolute Gasteiger partial charge is 0.368 e. The van der Waals surface area contributed by atoms with Crippen molar-refractivity contribution in [1.29, 1.82) is 0 Å². The number of rotatable bonds is 4. The minimum atomic E-state index is 0.345. The lowest BCUT2D eigenvalue weighted by Crippen LogP contribution is -2.05. The molecular weight excluding hydrogens is 256 g/mol. The number of hydrogen-bond donors (Lipinski definition) is 1. The van der Waals surface area contributed by atoms with Crippen LogP contribution >= 0.6 is 11.8 Å². The Labute approximate surface area is 116 Å². The number of aromatic nitrogens is 3. The maximum absolute atomic E-state index is 5.75. The quantitative estimate of drug-likeness (QED) is 0.867. The third kappa shape index (κ3) is 3.04. The molecule has 2 N–H and O–H groups in total. The summed E-state index contributed by atoms with van der Waals surface area (Å²) >= 11 is 1.74. The van der Waals surface area contributed by atoms with Crippen molar-refractivity contribution in [3.05, 3.63) is 41.5 Å². The first-order chi connectivity index (χ1) is 9.22. The highest BCUT2D eigenvalue weighted by Gasteiger charge is 2.27. The lowest BCUT2D eigenvalue weighted by molar-refractivity contribution is 0.858. The molecule has 0 atom stereocenters. The van der Waals surface area contributed by atoms with Crippen LogP contribution in [0.5, 0.6) is 0 Å². The highest BCUT2D eigenvalue weighted by molar-refractivity contribution is 7.98. The van der Waals surface area contributed by atoms with Gasteiger partial charge in [0.2, 0.25) is 5.95 Å². The summed E-state index contributed by atoms with van der Waals surface area (Å²) in [5.41, 5.74) is 7.03. The summed E-state index contributed by atoms with van der Waals surface area (Å²) in [6.45, 7) is 2.11. The molecule has 1 saturated carbocycles. The first kappa shape index (κ1) is 12.4. The van der Waals surface area contributed by atoms with Gasteiger partial charge in [0.25, 0.3) is 0 Å². The van der Waals surface area contributed by atoms with E-state index in [1.807, 2.05) is 12.1 Å². The van der Waals surface area contributed by atoms with Crippen LogP contribution in [0, 0.1) is 6.92 Å². The Morgan fingerprint density at radius 1 is 1.21 bits per heavy atom. The summed E-state index contributed by atoms with van der Waals surface area (Å²) < 4.78 is 0. The van der Waals surface area contributed by atoms with E-state index in [1.54, 1.807) is 11.8 Å². The third-order valence-corrected chi connectivity index (χ3v) is 4.28. The number of nitrogens with zero attached hydrogens (tertiary/aromatic N) is 3. The van der Waals surface area contributed by atoms with Crippen LogP contribution in [0.15, 0.2) is 29.2 Å². The molecule has 0 aliphatic heterocycles. The Hall–Kier alpha value is -1.62. The molecule has 0 radical (unpaired) electrons. The van der Waals surface area contributed by atoms with Crippen molar-refractivity contribution < 1.29 is 0 Å². The molecule has 5 heteroatoms. The van der Waals surface area contributed by atoms with Crippen molar-refractivity contribution in [3.8, 4) is 0 Å². The molecule has 0 spiro atoms. The van der Waals surface area contributed by atoms with Gasteiger partial charge >= 0.3 is 0 Å². The smallest absolute Gasteiger partial charge is 0.223 e. The molecule has 3 rings (SSSR count). The Bertz CT molecular complexity index is 596. The molecule has 0 bridgehead atoms. The average molecular weight is 272 g/mol. The van der Waals surface area contributed by atoms with Crippen molar-refractivity contribution >= 4 is 17.7 Å². The Balaban J connectivity index is 1.74. The zero-order valence-corrected chi connectivity index (χ0v) is 11.7. The molecule has 19 heavy (non-hydrogen) atoms. The van der Waals surface area contributed by atoms with E-state index in [0.717, 1.165) is 17.4 Å². The minimum Gasteiger partial charge on any atom is -0.368 e. The molecule has 98 valence electrons. The number of benzene rings is 1. The van der Waals surface area contributed by atoms with Crippen molar-refractivity contribution in [2.45, 2.75) is 36.3 Å². The van der Waals surface area contributed by atoms with Crippen LogP contribution < -0.4 is 5.73 Å². The SMILES string of the molecule is Cc1ccccc1SCc1nc(N)nc(C2CC2)n1. The van der Waals surface area contributed by atoms with Gasteiger partial charge in [-0.2, -0.15) is 9.97 Å². The van der Waals surface area contributed by atoms with E-state index in [-0.39, 0.29) is 0 Å². The van der Waals surface area contributed by atoms with E-state index in [9.17, 15) is 0 Å². The molecule has 1 aliphatic carbocycles. The topological polar surface area (TPSA) is 64.7 Å². The second-order valence-electron chi connectivity index (χ2n) is 4.80. The molecule has 1 fully saturated rings. The number of nitrogen functional groups attached to an aromatic ring is 1. The molecule has 1 aromatic heterocycles. The second kappa shape index (κ2) is 5.17. The van der Waals surface area contributed by atoms with Crippen molar-refractivity contribution in [3.63, 3.8) is 0 Å². The van der Waals surface area contributed by atoms with Crippen LogP contribution in [0.25, 0.3) is 0 Å². The van der Waals surface area contributed by atoms with Gasteiger partial charge in [0.1, 0.15) is 11.6 Å². The van der Waals surface area contributed by atoms with Crippen LogP contribution in [0.4, 0.5) is 5.95 Å². The van der Waals surface area contributed by atoms with E-state index in [2.05, 4.69) is 34.0 Å². The van der Waals surface area contributed by atoms with Crippen LogP contribution in [-0.4, -0.2) is 15.0 Å². The zero-order valence-electron chi connectivity index (χ0n) is 10.8. The number of nitrogens with two attached hydrogens (primary N) is 1. The fourth-order valence-electron chi connectivity index (χ4n) is 1.91. The Morgan fingerprint density at radius 3 is 2.74 bits per heavy atom. The van der Waals surface area contributed by atoms with Gasteiger partial charge in [-0.05, 0) is 31.4 Å². The maximum atomic E-state index is 5.75. The van der Waals surface area contributed by atoms with E-state index >= 15 is 0 Å². The van der Waals surface area contributed by atoms with Crippen molar-refractivity contribution in [2.75, 3.05) is 5.73 Å². The van der Waals surface area contributed by atoms with Crippen LogP contribution in [0.2, 0.25) is 0 Å². The summed E-state index contributed by atoms with van der Waals surface area (Å²) in [4.78, 5) is 14.2. The van der Waals surface area contributed by atoms with Crippen molar-refractivity contribution in [1.82, 2.24) is 15.0 Å². The van der Waals surface area contributed by atoms with Gasteiger partial charge < -0.3 is 5.73 Å². The van der Waals surface area contributed by atoms with Crippen LogP contribution in [-0.2, 0) is 5.75 Å². The van der Waals surface area contributed by atoms with Crippen LogP contribution in [0.3, 0.4) is 0 Å². The van der Waals surface area contributed by atoms with Gasteiger partial charge in [-0.1, -0.05) is 18.2 Å². The molecule has 0 saturated heterocycles. The molecule has 0 amide bonds. The number of anilines is 1. The summed E-state index contributed by atoms with van der Waals surface area (Å²) in [6, 6.07) is 8.32. The van der Waals surface area contributed by atoms with Gasteiger partial charge in [-0.15, -0.1) is 11.8 Å². The average Bonchev–Trinajstić information content (AvgIpc) is 3.21. The predicted molar refractivity (Wildman–Crippen MR) is 77.0 cm³/mol. The van der Waals surface area contributed by atoms with Gasteiger partial charge in [0.15, 0.2) is 0 Å². The highest BCUT2D eigenvalue weighted by Crippen LogP contribution is 2.38. The van der Waals surface area contributed by atoms with Gasteiger partial charge in [0.05, 0.1) is 5.75 Å². The van der Waals surface area contributed by atoms with E-state index in [0.29, 0.717) is 11.9 Å². The Morgan fingerprint density at radius 2 is 2.00 bits per heavy atom. The summed E-state index contributed by atoms with van der Waals surface area (Å²) in [5, 5.41) is 0.